The van der Waals surface area contributed by atoms with Crippen LogP contribution in [0, 0.1) is 0 Å². The maximum Gasteiger partial charge on any atom is 0.460 e. The average Bonchev–Trinajstić information content (AvgIpc) is 2.96. The van der Waals surface area contributed by atoms with Gasteiger partial charge in [-0.2, -0.15) is 61.5 Å². The van der Waals surface area contributed by atoms with E-state index in [-0.39, 0.29) is 0 Å². The standard InChI is InChI=1S/C8HF15O/c9-1-2(10,24-1)3(11,12)4(13,14)5(15,16)6(17,18)7(19,20)8(21,22)23/h1H/t1-,2-/m1/s1. The minimum absolute atomic E-state index is 2.56. The van der Waals surface area contributed by atoms with E-state index in [2.05, 4.69) is 4.74 Å². The van der Waals surface area contributed by atoms with Gasteiger partial charge in [0.1, 0.15) is 0 Å². The van der Waals surface area contributed by atoms with Crippen molar-refractivity contribution in [2.75, 3.05) is 0 Å². The van der Waals surface area contributed by atoms with Crippen LogP contribution in [0.3, 0.4) is 0 Å². The minimum atomic E-state index is -8.17. The Kier molecular flexibility index (Phi) is 4.15. The largest absolute Gasteiger partial charge is 0.460 e. The summed E-state index contributed by atoms with van der Waals surface area (Å²) in [7, 11) is 0. The number of hydrogen-bond acceptors (Lipinski definition) is 1. The molecule has 1 rings (SSSR count). The van der Waals surface area contributed by atoms with Gasteiger partial charge in [-0.05, 0) is 0 Å². The van der Waals surface area contributed by atoms with Crippen molar-refractivity contribution in [3.8, 4) is 0 Å². The van der Waals surface area contributed by atoms with E-state index in [1.807, 2.05) is 0 Å². The highest BCUT2D eigenvalue weighted by Crippen LogP contribution is 2.65. The zero-order valence-corrected chi connectivity index (χ0v) is 10.2. The van der Waals surface area contributed by atoms with Gasteiger partial charge in [-0.1, -0.05) is 0 Å². The van der Waals surface area contributed by atoms with Crippen LogP contribution in [0.15, 0.2) is 0 Å². The van der Waals surface area contributed by atoms with Crippen molar-refractivity contribution in [2.24, 2.45) is 0 Å². The molecule has 0 N–H and O–H groups in total. The number of halogens is 15. The summed E-state index contributed by atoms with van der Waals surface area (Å²) in [5.41, 5.74) is 0. The number of alkyl halides is 15. The molecule has 1 saturated heterocycles. The highest BCUT2D eigenvalue weighted by atomic mass is 19.4. The zero-order chi connectivity index (χ0) is 19.8. The van der Waals surface area contributed by atoms with Gasteiger partial charge >= 0.3 is 41.6 Å². The molecule has 0 unspecified atom stereocenters. The first-order valence-corrected chi connectivity index (χ1v) is 5.09. The van der Waals surface area contributed by atoms with Gasteiger partial charge in [0, 0.05) is 0 Å². The molecule has 24 heavy (non-hydrogen) atoms. The summed E-state index contributed by atoms with van der Waals surface area (Å²) >= 11 is 0. The van der Waals surface area contributed by atoms with Crippen LogP contribution in [0.25, 0.3) is 0 Å². The van der Waals surface area contributed by atoms with Gasteiger partial charge in [-0.15, -0.1) is 0 Å². The lowest BCUT2D eigenvalue weighted by molar-refractivity contribution is -0.446. The quantitative estimate of drug-likeness (QED) is 0.483. The van der Waals surface area contributed by atoms with Gasteiger partial charge in [0.25, 0.3) is 6.36 Å². The van der Waals surface area contributed by atoms with Crippen LogP contribution >= 0.6 is 0 Å². The van der Waals surface area contributed by atoms with Crippen LogP contribution in [0.2, 0.25) is 0 Å². The third-order valence-corrected chi connectivity index (χ3v) is 2.87. The molecule has 0 radical (unpaired) electrons. The summed E-state index contributed by atoms with van der Waals surface area (Å²) in [4.78, 5) is 0. The minimum Gasteiger partial charge on any atom is -0.296 e. The van der Waals surface area contributed by atoms with Crippen LogP contribution < -0.4 is 0 Å². The van der Waals surface area contributed by atoms with Crippen molar-refractivity contribution in [3.05, 3.63) is 0 Å². The molecule has 2 atom stereocenters. The maximum atomic E-state index is 12.9. The van der Waals surface area contributed by atoms with Gasteiger partial charge < -0.3 is 0 Å². The van der Waals surface area contributed by atoms with E-state index in [1.54, 1.807) is 0 Å². The second-order valence-electron chi connectivity index (χ2n) is 4.45. The third-order valence-electron chi connectivity index (χ3n) is 2.87. The van der Waals surface area contributed by atoms with Crippen molar-refractivity contribution >= 4 is 0 Å². The normalized spacial score (nSPS) is 27.4. The first-order valence-electron chi connectivity index (χ1n) is 5.09. The Bertz CT molecular complexity index is 506. The van der Waals surface area contributed by atoms with E-state index in [0.29, 0.717) is 0 Å². The Labute approximate surface area is 120 Å². The van der Waals surface area contributed by atoms with Crippen molar-refractivity contribution in [1.82, 2.24) is 0 Å². The Morgan fingerprint density at radius 2 is 0.875 bits per heavy atom. The molecule has 0 aromatic rings. The average molecular weight is 398 g/mol. The molecule has 144 valence electrons. The van der Waals surface area contributed by atoms with Gasteiger partial charge in [0.2, 0.25) is 0 Å². The van der Waals surface area contributed by atoms with E-state index in [9.17, 15) is 65.9 Å². The van der Waals surface area contributed by atoms with Crippen LogP contribution in [0.1, 0.15) is 0 Å². The van der Waals surface area contributed by atoms with Crippen molar-refractivity contribution in [1.29, 1.82) is 0 Å². The SMILES string of the molecule is F[C@@H]1O[C@@]1(F)C(F)(F)C(F)(F)C(F)(F)C(F)(F)C(F)(F)C(F)(F)F. The Morgan fingerprint density at radius 3 is 1.12 bits per heavy atom. The number of rotatable bonds is 5. The molecular weight excluding hydrogens is 397 g/mol. The van der Waals surface area contributed by atoms with Crippen LogP contribution in [0.4, 0.5) is 65.9 Å². The lowest BCUT2D eigenvalue weighted by Gasteiger charge is -2.39. The molecule has 1 aliphatic heterocycles. The molecule has 0 aromatic heterocycles. The molecule has 0 amide bonds. The first kappa shape index (κ1) is 21.0. The molecule has 0 spiro atoms. The summed E-state index contributed by atoms with van der Waals surface area (Å²) in [6, 6.07) is 0. The summed E-state index contributed by atoms with van der Waals surface area (Å²) < 4.78 is 190. The van der Waals surface area contributed by atoms with Gasteiger partial charge in [-0.25, -0.2) is 4.39 Å². The predicted molar refractivity (Wildman–Crippen MR) is 40.6 cm³/mol. The van der Waals surface area contributed by atoms with Crippen molar-refractivity contribution in [3.63, 3.8) is 0 Å². The van der Waals surface area contributed by atoms with Crippen LogP contribution in [-0.2, 0) is 4.74 Å². The Balaban J connectivity index is 3.46. The molecule has 0 aliphatic carbocycles. The van der Waals surface area contributed by atoms with Crippen molar-refractivity contribution < 1.29 is 70.6 Å². The summed E-state index contributed by atoms with van der Waals surface area (Å²) in [5, 5.41) is 0. The Morgan fingerprint density at radius 1 is 0.583 bits per heavy atom. The van der Waals surface area contributed by atoms with Crippen LogP contribution in [-0.4, -0.2) is 48.0 Å². The maximum absolute atomic E-state index is 12.9. The molecule has 0 aromatic carbocycles. The second-order valence-corrected chi connectivity index (χ2v) is 4.45. The second kappa shape index (κ2) is 4.75. The monoisotopic (exact) mass is 398 g/mol. The molecular formula is C8HF15O. The topological polar surface area (TPSA) is 12.5 Å². The molecule has 1 heterocycles. The van der Waals surface area contributed by atoms with E-state index in [4.69, 9.17) is 0 Å². The lowest BCUT2D eigenvalue weighted by Crippen LogP contribution is -2.71. The van der Waals surface area contributed by atoms with Gasteiger partial charge in [0.05, 0.1) is 0 Å². The van der Waals surface area contributed by atoms with E-state index >= 15 is 0 Å². The molecule has 1 aliphatic rings. The van der Waals surface area contributed by atoms with Gasteiger partial charge in [0.15, 0.2) is 0 Å². The van der Waals surface area contributed by atoms with E-state index < -0.39 is 48.0 Å². The fourth-order valence-electron chi connectivity index (χ4n) is 1.32. The lowest BCUT2D eigenvalue weighted by atomic mass is 9.92. The fraction of sp³-hybridized carbons (Fsp3) is 1.00. The van der Waals surface area contributed by atoms with Gasteiger partial charge in [-0.3, -0.25) is 4.74 Å². The van der Waals surface area contributed by atoms with Crippen molar-refractivity contribution in [2.45, 2.75) is 48.0 Å². The smallest absolute Gasteiger partial charge is 0.296 e. The fourth-order valence-corrected chi connectivity index (χ4v) is 1.32. The third kappa shape index (κ3) is 2.16. The highest BCUT2D eigenvalue weighted by molar-refractivity contribution is 5.16. The predicted octanol–water partition coefficient (Wildman–Crippen LogP) is 4.72. The number of epoxide rings is 1. The zero-order valence-electron chi connectivity index (χ0n) is 10.2. The summed E-state index contributed by atoms with van der Waals surface area (Å²) in [6.07, 6.45) is -11.6. The summed E-state index contributed by atoms with van der Waals surface area (Å²) in [5.74, 6) is -45.0. The number of ether oxygens (including phenoxy) is 1. The van der Waals surface area contributed by atoms with E-state index in [0.717, 1.165) is 0 Å². The molecule has 1 nitrogen and oxygen atoms in total. The number of hydrogen-bond donors (Lipinski definition) is 0. The first-order chi connectivity index (χ1) is 10.1. The summed E-state index contributed by atoms with van der Waals surface area (Å²) in [6.45, 7) is 0. The Hall–Kier alpha value is -1.09. The molecule has 0 saturated carbocycles. The highest BCUT2D eigenvalue weighted by Gasteiger charge is 2.96. The van der Waals surface area contributed by atoms with Crippen LogP contribution in [0.5, 0.6) is 0 Å². The molecule has 0 bridgehead atoms. The molecule has 16 heteroatoms. The van der Waals surface area contributed by atoms with E-state index in [1.165, 1.54) is 0 Å². The molecule has 1 fully saturated rings.